The van der Waals surface area contributed by atoms with Crippen molar-refractivity contribution in [1.29, 1.82) is 0 Å². The minimum absolute atomic E-state index is 0.000670. The molecule has 92 valence electrons. The van der Waals surface area contributed by atoms with Crippen LogP contribution in [0, 0.1) is 0 Å². The summed E-state index contributed by atoms with van der Waals surface area (Å²) in [5.74, 6) is -2.77. The predicted molar refractivity (Wildman–Crippen MR) is 50.7 cm³/mol. The second-order valence-electron chi connectivity index (χ2n) is 2.64. The Balaban J connectivity index is 3.87. The van der Waals surface area contributed by atoms with Crippen molar-refractivity contribution in [2.24, 2.45) is 0 Å². The first-order chi connectivity index (χ1) is 7.51. The number of hydroxylamine groups is 1. The summed E-state index contributed by atoms with van der Waals surface area (Å²) in [4.78, 5) is 36.5. The van der Waals surface area contributed by atoms with Gasteiger partial charge < -0.3 is 19.6 Å². The Labute approximate surface area is 92.2 Å². The van der Waals surface area contributed by atoms with Crippen molar-refractivity contribution < 1.29 is 28.7 Å². The third kappa shape index (κ3) is 5.94. The Bertz CT molecular complexity index is 263. The second kappa shape index (κ2) is 7.60. The van der Waals surface area contributed by atoms with Crippen LogP contribution in [0.15, 0.2) is 0 Å². The third-order valence-corrected chi connectivity index (χ3v) is 1.45. The first-order valence-electron chi connectivity index (χ1n) is 4.32. The van der Waals surface area contributed by atoms with Gasteiger partial charge in [-0.15, -0.1) is 0 Å². The van der Waals surface area contributed by atoms with Crippen LogP contribution in [0.4, 0.5) is 0 Å². The third-order valence-electron chi connectivity index (χ3n) is 1.45. The fourth-order valence-corrected chi connectivity index (χ4v) is 0.684. The fourth-order valence-electron chi connectivity index (χ4n) is 0.684. The molecule has 2 amide bonds. The van der Waals surface area contributed by atoms with E-state index in [1.807, 2.05) is 0 Å². The fraction of sp³-hybridized carbons (Fsp3) is 0.625. The maximum Gasteiger partial charge on any atom is 0.341 e. The molecule has 16 heavy (non-hydrogen) atoms. The van der Waals surface area contributed by atoms with Crippen LogP contribution >= 0.6 is 0 Å². The molecule has 0 rings (SSSR count). The van der Waals surface area contributed by atoms with Gasteiger partial charge in [0.15, 0.2) is 6.29 Å². The maximum absolute atomic E-state index is 11.1. The molecule has 0 aromatic rings. The minimum Gasteiger partial charge on any atom is -0.354 e. The quantitative estimate of drug-likeness (QED) is 0.342. The van der Waals surface area contributed by atoms with Crippen molar-refractivity contribution in [3.05, 3.63) is 0 Å². The van der Waals surface area contributed by atoms with E-state index in [-0.39, 0.29) is 6.54 Å². The number of hydrogen-bond donors (Lipinski definition) is 2. The lowest BCUT2D eigenvalue weighted by Gasteiger charge is -2.13. The summed E-state index contributed by atoms with van der Waals surface area (Å²) in [6, 6.07) is 0. The molecule has 2 N–H and O–H groups in total. The van der Waals surface area contributed by atoms with Crippen LogP contribution in [0.25, 0.3) is 0 Å². The Morgan fingerprint density at radius 2 is 1.69 bits per heavy atom. The van der Waals surface area contributed by atoms with Gasteiger partial charge in [-0.3, -0.25) is 14.4 Å². The molecule has 0 fully saturated rings. The Morgan fingerprint density at radius 3 is 2.12 bits per heavy atom. The summed E-state index contributed by atoms with van der Waals surface area (Å²) in [7, 11) is 2.78. The molecule has 0 aliphatic rings. The van der Waals surface area contributed by atoms with Gasteiger partial charge in [0, 0.05) is 21.1 Å². The zero-order chi connectivity index (χ0) is 12.6. The maximum atomic E-state index is 11.1. The van der Waals surface area contributed by atoms with E-state index in [1.54, 1.807) is 5.48 Å². The van der Waals surface area contributed by atoms with Gasteiger partial charge in [-0.1, -0.05) is 0 Å². The molecule has 0 radical (unpaired) electrons. The highest BCUT2D eigenvalue weighted by Gasteiger charge is 2.16. The first kappa shape index (κ1) is 14.3. The predicted octanol–water partition coefficient (Wildman–Crippen LogP) is -1.68. The summed E-state index contributed by atoms with van der Waals surface area (Å²) in [5, 5.41) is 2.22. The summed E-state index contributed by atoms with van der Waals surface area (Å²) < 4.78 is 9.55. The molecule has 0 aromatic carbocycles. The summed E-state index contributed by atoms with van der Waals surface area (Å²) >= 11 is 0. The smallest absolute Gasteiger partial charge is 0.341 e. The van der Waals surface area contributed by atoms with E-state index in [1.165, 1.54) is 14.2 Å². The lowest BCUT2D eigenvalue weighted by atomic mass is 10.5. The molecule has 8 heteroatoms. The Morgan fingerprint density at radius 1 is 1.12 bits per heavy atom. The topological polar surface area (TPSA) is 103 Å². The molecule has 0 aliphatic carbocycles. The summed E-state index contributed by atoms with van der Waals surface area (Å²) in [6.45, 7) is 1.09. The molecular formula is C8H14N2O6. The van der Waals surface area contributed by atoms with E-state index >= 15 is 0 Å². The molecule has 8 nitrogen and oxygen atoms in total. The molecule has 0 unspecified atom stereocenters. The average molecular weight is 234 g/mol. The number of ether oxygens (including phenoxy) is 2. The van der Waals surface area contributed by atoms with Crippen LogP contribution in [0.2, 0.25) is 0 Å². The van der Waals surface area contributed by atoms with Gasteiger partial charge in [-0.2, -0.15) is 5.48 Å². The van der Waals surface area contributed by atoms with Crippen LogP contribution in [0.5, 0.6) is 0 Å². The lowest BCUT2D eigenvalue weighted by molar-refractivity contribution is -0.159. The molecule has 0 saturated heterocycles. The van der Waals surface area contributed by atoms with Gasteiger partial charge in [0.1, 0.15) is 0 Å². The van der Waals surface area contributed by atoms with Crippen LogP contribution in [-0.4, -0.2) is 44.8 Å². The van der Waals surface area contributed by atoms with Crippen LogP contribution in [-0.2, 0) is 28.7 Å². The number of rotatable bonds is 4. The zero-order valence-electron chi connectivity index (χ0n) is 9.23. The Hall–Kier alpha value is -1.67. The van der Waals surface area contributed by atoms with E-state index in [0.29, 0.717) is 0 Å². The molecule has 0 spiro atoms. The highest BCUT2D eigenvalue weighted by Crippen LogP contribution is 1.87. The van der Waals surface area contributed by atoms with Gasteiger partial charge in [-0.05, 0) is 0 Å². The molecule has 0 bridgehead atoms. The van der Waals surface area contributed by atoms with E-state index < -0.39 is 24.1 Å². The van der Waals surface area contributed by atoms with Gasteiger partial charge in [0.05, 0.1) is 6.54 Å². The number of carbonyl (C=O) groups is 3. The molecular weight excluding hydrogens is 220 g/mol. The standard InChI is InChI=1S/C8H14N2O6/c1-5(11)16-10-8(13)7(12)9-4-6(14-2)15-3/h6H,4H2,1-3H3,(H,9,12)(H,10,13). The Kier molecular flexibility index (Phi) is 6.81. The molecule has 0 saturated carbocycles. The van der Waals surface area contributed by atoms with Crippen molar-refractivity contribution in [3.8, 4) is 0 Å². The monoisotopic (exact) mass is 234 g/mol. The van der Waals surface area contributed by atoms with Gasteiger partial charge in [0.2, 0.25) is 0 Å². The SMILES string of the molecule is COC(CNC(=O)C(=O)NOC(C)=O)OC. The molecule has 0 aliphatic heterocycles. The average Bonchev–Trinajstić information content (AvgIpc) is 2.26. The molecule has 0 aromatic heterocycles. The summed E-state index contributed by atoms with van der Waals surface area (Å²) in [6.07, 6.45) is -0.648. The van der Waals surface area contributed by atoms with E-state index in [4.69, 9.17) is 9.47 Å². The van der Waals surface area contributed by atoms with Crippen molar-refractivity contribution >= 4 is 17.8 Å². The van der Waals surface area contributed by atoms with Crippen LogP contribution in [0.1, 0.15) is 6.92 Å². The number of hydrogen-bond acceptors (Lipinski definition) is 6. The first-order valence-corrected chi connectivity index (χ1v) is 4.32. The van der Waals surface area contributed by atoms with Crippen molar-refractivity contribution in [3.63, 3.8) is 0 Å². The second-order valence-corrected chi connectivity index (χ2v) is 2.64. The lowest BCUT2D eigenvalue weighted by Crippen LogP contribution is -2.43. The highest BCUT2D eigenvalue weighted by molar-refractivity contribution is 6.34. The van der Waals surface area contributed by atoms with Gasteiger partial charge in [-0.25, -0.2) is 0 Å². The van der Waals surface area contributed by atoms with Crippen molar-refractivity contribution in [2.75, 3.05) is 20.8 Å². The van der Waals surface area contributed by atoms with Gasteiger partial charge in [0.25, 0.3) is 0 Å². The van der Waals surface area contributed by atoms with E-state index in [0.717, 1.165) is 6.92 Å². The van der Waals surface area contributed by atoms with Crippen LogP contribution in [0.3, 0.4) is 0 Å². The number of carbonyl (C=O) groups excluding carboxylic acids is 3. The molecule has 0 heterocycles. The molecule has 0 atom stereocenters. The zero-order valence-corrected chi connectivity index (χ0v) is 9.23. The largest absolute Gasteiger partial charge is 0.354 e. The number of methoxy groups -OCH3 is 2. The highest BCUT2D eigenvalue weighted by atomic mass is 16.7. The van der Waals surface area contributed by atoms with Crippen molar-refractivity contribution in [1.82, 2.24) is 10.8 Å². The minimum atomic E-state index is -1.08. The van der Waals surface area contributed by atoms with E-state index in [2.05, 4.69) is 10.2 Å². The normalized spacial score (nSPS) is 9.75. The van der Waals surface area contributed by atoms with Crippen LogP contribution < -0.4 is 10.8 Å². The summed E-state index contributed by atoms with van der Waals surface area (Å²) in [5.41, 5.74) is 1.66. The number of amides is 2. The van der Waals surface area contributed by atoms with E-state index in [9.17, 15) is 14.4 Å². The number of nitrogens with one attached hydrogen (secondary N) is 2. The van der Waals surface area contributed by atoms with Gasteiger partial charge >= 0.3 is 17.8 Å². The van der Waals surface area contributed by atoms with Crippen molar-refractivity contribution in [2.45, 2.75) is 13.2 Å².